The number of hydrogen-bond acceptors (Lipinski definition) is 9. The number of aliphatic hydroxyl groups excluding tert-OH is 1. The van der Waals surface area contributed by atoms with Crippen molar-refractivity contribution in [3.8, 4) is 11.6 Å². The van der Waals surface area contributed by atoms with E-state index in [0.717, 1.165) is 17.1 Å². The van der Waals surface area contributed by atoms with E-state index < -0.39 is 0 Å². The molecule has 2 N–H and O–H groups in total. The lowest BCUT2D eigenvalue weighted by molar-refractivity contribution is 0.0500. The van der Waals surface area contributed by atoms with Gasteiger partial charge in [-0.3, -0.25) is 4.98 Å². The molecule has 32 heavy (non-hydrogen) atoms. The van der Waals surface area contributed by atoms with E-state index in [2.05, 4.69) is 20.3 Å². The van der Waals surface area contributed by atoms with Crippen molar-refractivity contribution in [2.75, 3.05) is 32.1 Å². The molecular weight excluding hydrogens is 414 g/mol. The number of likely N-dealkylation sites (tertiary alicyclic amines) is 1. The summed E-state index contributed by atoms with van der Waals surface area (Å²) in [7, 11) is 1.54. The Balaban J connectivity index is 1.67. The number of aryl methyl sites for hydroxylation is 1. The van der Waals surface area contributed by atoms with Crippen molar-refractivity contribution in [3.63, 3.8) is 0 Å². The van der Waals surface area contributed by atoms with E-state index in [4.69, 9.17) is 19.3 Å². The van der Waals surface area contributed by atoms with Gasteiger partial charge in [-0.1, -0.05) is 0 Å². The molecule has 1 saturated heterocycles. The molecule has 2 aromatic rings. The van der Waals surface area contributed by atoms with Gasteiger partial charge in [0.1, 0.15) is 12.4 Å². The third-order valence-electron chi connectivity index (χ3n) is 5.05. The van der Waals surface area contributed by atoms with Crippen molar-refractivity contribution >= 4 is 17.6 Å². The standard InChI is InChI=1S/C22H31N5O5/c1-14(2)31-22(29)27-10-7-17(8-11-27)32-21-19(30-4)20(23-13-24-21)26-18-6-5-16(9-12-28)25-15(18)3/h5-6,13-14,17,28H,7-12H2,1-4H3,(H,23,24,26). The SMILES string of the molecule is COc1c(Nc2ccc(CCO)nc2C)ncnc1OC1CCN(C(=O)OC(C)C)CC1. The fraction of sp³-hybridized carbons (Fsp3) is 0.545. The number of pyridine rings is 1. The van der Waals surface area contributed by atoms with Gasteiger partial charge in [-0.05, 0) is 32.9 Å². The molecule has 0 unspecified atom stereocenters. The highest BCUT2D eigenvalue weighted by Crippen LogP contribution is 2.35. The quantitative estimate of drug-likeness (QED) is 0.632. The van der Waals surface area contributed by atoms with E-state index >= 15 is 0 Å². The van der Waals surface area contributed by atoms with Gasteiger partial charge in [-0.15, -0.1) is 0 Å². The second-order valence-corrected chi connectivity index (χ2v) is 7.83. The minimum absolute atomic E-state index is 0.0531. The number of aliphatic hydroxyl groups is 1. The molecule has 3 heterocycles. The van der Waals surface area contributed by atoms with Crippen LogP contribution in [-0.4, -0.2) is 70.1 Å². The first-order valence-electron chi connectivity index (χ1n) is 10.8. The minimum Gasteiger partial charge on any atom is -0.489 e. The second-order valence-electron chi connectivity index (χ2n) is 7.83. The van der Waals surface area contributed by atoms with Gasteiger partial charge in [0.05, 0.1) is 24.6 Å². The summed E-state index contributed by atoms with van der Waals surface area (Å²) in [6, 6.07) is 3.75. The van der Waals surface area contributed by atoms with E-state index in [0.29, 0.717) is 49.8 Å². The summed E-state index contributed by atoms with van der Waals surface area (Å²) in [6.07, 6.45) is 2.71. The summed E-state index contributed by atoms with van der Waals surface area (Å²) in [6.45, 7) is 6.72. The molecule has 0 atom stereocenters. The molecule has 1 fully saturated rings. The van der Waals surface area contributed by atoms with E-state index in [1.165, 1.54) is 13.4 Å². The van der Waals surface area contributed by atoms with Crippen LogP contribution in [0.15, 0.2) is 18.5 Å². The summed E-state index contributed by atoms with van der Waals surface area (Å²) in [4.78, 5) is 26.8. The monoisotopic (exact) mass is 445 g/mol. The molecule has 1 aliphatic heterocycles. The van der Waals surface area contributed by atoms with Crippen LogP contribution in [0.4, 0.5) is 16.3 Å². The molecule has 2 aromatic heterocycles. The topological polar surface area (TPSA) is 119 Å². The van der Waals surface area contributed by atoms with Crippen LogP contribution in [-0.2, 0) is 11.2 Å². The Hall–Kier alpha value is -3.14. The maximum Gasteiger partial charge on any atom is 0.410 e. The first kappa shape index (κ1) is 23.5. The number of nitrogens with one attached hydrogen (secondary N) is 1. The Morgan fingerprint density at radius 1 is 1.28 bits per heavy atom. The summed E-state index contributed by atoms with van der Waals surface area (Å²) in [5.41, 5.74) is 2.36. The molecule has 0 radical (unpaired) electrons. The van der Waals surface area contributed by atoms with Gasteiger partial charge in [-0.2, -0.15) is 4.98 Å². The minimum atomic E-state index is -0.293. The van der Waals surface area contributed by atoms with Crippen molar-refractivity contribution in [3.05, 3.63) is 29.8 Å². The van der Waals surface area contributed by atoms with Crippen LogP contribution in [0, 0.1) is 6.92 Å². The average molecular weight is 446 g/mol. The molecule has 174 valence electrons. The van der Waals surface area contributed by atoms with Gasteiger partial charge in [0.15, 0.2) is 5.82 Å². The zero-order chi connectivity index (χ0) is 23.1. The molecule has 1 aliphatic rings. The van der Waals surface area contributed by atoms with Crippen LogP contribution < -0.4 is 14.8 Å². The van der Waals surface area contributed by atoms with Crippen molar-refractivity contribution in [1.29, 1.82) is 0 Å². The van der Waals surface area contributed by atoms with Crippen molar-refractivity contribution < 1.29 is 24.1 Å². The number of ether oxygens (including phenoxy) is 3. The largest absolute Gasteiger partial charge is 0.489 e. The predicted octanol–water partition coefficient (Wildman–Crippen LogP) is 2.86. The van der Waals surface area contributed by atoms with E-state index in [1.54, 1.807) is 4.90 Å². The first-order chi connectivity index (χ1) is 15.4. The van der Waals surface area contributed by atoms with Gasteiger partial charge in [0.25, 0.3) is 5.88 Å². The lowest BCUT2D eigenvalue weighted by Gasteiger charge is -2.31. The van der Waals surface area contributed by atoms with Crippen LogP contribution >= 0.6 is 0 Å². The smallest absolute Gasteiger partial charge is 0.410 e. The number of amides is 1. The molecular formula is C22H31N5O5. The lowest BCUT2D eigenvalue weighted by atomic mass is 10.1. The van der Waals surface area contributed by atoms with Gasteiger partial charge in [0.2, 0.25) is 5.75 Å². The molecule has 0 bridgehead atoms. The van der Waals surface area contributed by atoms with E-state index in [1.807, 2.05) is 32.9 Å². The summed E-state index contributed by atoms with van der Waals surface area (Å²) < 4.78 is 16.9. The summed E-state index contributed by atoms with van der Waals surface area (Å²) in [5.74, 6) is 1.21. The van der Waals surface area contributed by atoms with E-state index in [9.17, 15) is 4.79 Å². The number of hydrogen-bond donors (Lipinski definition) is 2. The van der Waals surface area contributed by atoms with E-state index in [-0.39, 0.29) is 24.9 Å². The normalized spacial score (nSPS) is 14.4. The highest BCUT2D eigenvalue weighted by molar-refractivity contribution is 5.68. The number of carbonyl (C=O) groups is 1. The fourth-order valence-corrected chi connectivity index (χ4v) is 3.43. The van der Waals surface area contributed by atoms with Crippen molar-refractivity contribution in [2.24, 2.45) is 0 Å². The zero-order valence-corrected chi connectivity index (χ0v) is 19.0. The highest BCUT2D eigenvalue weighted by Gasteiger charge is 2.27. The number of nitrogens with zero attached hydrogens (tertiary/aromatic N) is 4. The molecule has 0 spiro atoms. The number of rotatable bonds is 8. The number of methoxy groups -OCH3 is 1. The van der Waals surface area contributed by atoms with Crippen LogP contribution in [0.3, 0.4) is 0 Å². The Labute approximate surface area is 187 Å². The van der Waals surface area contributed by atoms with Crippen LogP contribution in [0.2, 0.25) is 0 Å². The van der Waals surface area contributed by atoms with Crippen LogP contribution in [0.25, 0.3) is 0 Å². The van der Waals surface area contributed by atoms with Crippen molar-refractivity contribution in [1.82, 2.24) is 19.9 Å². The Bertz CT molecular complexity index is 916. The molecule has 3 rings (SSSR count). The van der Waals surface area contributed by atoms with Gasteiger partial charge in [-0.25, -0.2) is 9.78 Å². The third kappa shape index (κ3) is 5.97. The molecule has 10 heteroatoms. The van der Waals surface area contributed by atoms with Gasteiger partial charge < -0.3 is 29.5 Å². The van der Waals surface area contributed by atoms with Crippen LogP contribution in [0.5, 0.6) is 11.6 Å². The predicted molar refractivity (Wildman–Crippen MR) is 118 cm³/mol. The number of anilines is 2. The molecule has 0 aromatic carbocycles. The Kier molecular flexibility index (Phi) is 8.04. The third-order valence-corrected chi connectivity index (χ3v) is 5.05. The number of piperidine rings is 1. The molecule has 0 aliphatic carbocycles. The number of aromatic nitrogens is 3. The summed E-state index contributed by atoms with van der Waals surface area (Å²) in [5, 5.41) is 12.3. The second kappa shape index (κ2) is 10.9. The molecule has 1 amide bonds. The first-order valence-corrected chi connectivity index (χ1v) is 10.8. The highest BCUT2D eigenvalue weighted by atomic mass is 16.6. The maximum absolute atomic E-state index is 12.1. The average Bonchev–Trinajstić information content (AvgIpc) is 2.76. The zero-order valence-electron chi connectivity index (χ0n) is 19.0. The van der Waals surface area contributed by atoms with Gasteiger partial charge in [0, 0.05) is 44.7 Å². The maximum atomic E-state index is 12.1. The lowest BCUT2D eigenvalue weighted by Crippen LogP contribution is -2.42. The fourth-order valence-electron chi connectivity index (χ4n) is 3.43. The molecule has 10 nitrogen and oxygen atoms in total. The number of carbonyl (C=O) groups excluding carboxylic acids is 1. The molecule has 0 saturated carbocycles. The van der Waals surface area contributed by atoms with Crippen molar-refractivity contribution in [2.45, 2.75) is 52.2 Å². The Morgan fingerprint density at radius 3 is 2.66 bits per heavy atom. The summed E-state index contributed by atoms with van der Waals surface area (Å²) >= 11 is 0. The van der Waals surface area contributed by atoms with Crippen LogP contribution in [0.1, 0.15) is 38.1 Å². The Morgan fingerprint density at radius 2 is 2.03 bits per heavy atom. The van der Waals surface area contributed by atoms with Gasteiger partial charge >= 0.3 is 6.09 Å².